The number of carboxylic acids is 1. The SMILES string of the molecule is CCNCCOc1ccc(CC(=O)Oc2cc(O)c3c(c2)[C@@H](C(=O)O)NC(=O)[C@H]2NC(=O)[C@H](CC(=O)[C@@H]4NC(=O)[C@H](CC(N)=O)CC(=O)[C@H](NC(=O)[C@H](CC)CC(C)C)[C@H](O)c5ccc(c(Cl)c5)Oc5cc4cc(c5O[C@@H]4O[C@H](CO)[C@@H](O)[C@H](O)[C@H]4O[C@H]4C[C@](C)(N)[C@H](O)[C@H](C)O4)Oc4ccc(cc4Cl)[C@H]2O)c2ccc(O)c-3c2)c(OCCNCC)c1. The van der Waals surface area contributed by atoms with Crippen molar-refractivity contribution in [1.82, 2.24) is 31.9 Å². The van der Waals surface area contributed by atoms with E-state index < -0.39 is 262 Å². The quantitative estimate of drug-likeness (QED) is 0.0194. The molecule has 35 nitrogen and oxygen atoms in total. The van der Waals surface area contributed by atoms with Crippen LogP contribution in [0.1, 0.15) is 151 Å². The number of fused-ring (bicyclic) bond motifs is 15. The average molecular weight is 1740 g/mol. The molecule has 11 bridgehead atoms. The van der Waals surface area contributed by atoms with Crippen LogP contribution in [0.4, 0.5) is 0 Å². The van der Waals surface area contributed by atoms with Crippen LogP contribution in [0.25, 0.3) is 11.1 Å². The van der Waals surface area contributed by atoms with E-state index in [1.165, 1.54) is 32.0 Å². The summed E-state index contributed by atoms with van der Waals surface area (Å²) in [5, 5.41) is 122. The van der Waals surface area contributed by atoms with E-state index in [2.05, 4.69) is 31.9 Å². The highest BCUT2D eigenvalue weighted by Gasteiger charge is 2.52. The summed E-state index contributed by atoms with van der Waals surface area (Å²) in [6.07, 6.45) is -20.7. The van der Waals surface area contributed by atoms with E-state index in [0.717, 1.165) is 60.7 Å². The second-order valence-corrected chi connectivity index (χ2v) is 32.2. The lowest BCUT2D eigenvalue weighted by molar-refractivity contribution is -0.333. The van der Waals surface area contributed by atoms with E-state index in [1.807, 2.05) is 27.7 Å². The highest BCUT2D eigenvalue weighted by atomic mass is 35.5. The zero-order valence-electron chi connectivity index (χ0n) is 67.8. The van der Waals surface area contributed by atoms with Gasteiger partial charge in [-0.1, -0.05) is 82.1 Å². The second kappa shape index (κ2) is 40.3. The number of Topliss-reactive ketones (excluding diaryl/α,β-unsaturated/α-hetero) is 2. The van der Waals surface area contributed by atoms with Crippen LogP contribution >= 0.6 is 23.2 Å². The highest BCUT2D eigenvalue weighted by molar-refractivity contribution is 6.32. The first-order valence-electron chi connectivity index (χ1n) is 40.0. The molecule has 13 rings (SSSR count). The number of halogens is 2. The maximum atomic E-state index is 16.5. The molecule has 2 saturated heterocycles. The topological polar surface area (TPSA) is 543 Å². The number of hydrogen-bond acceptors (Lipinski definition) is 29. The number of benzene rings is 6. The lowest BCUT2D eigenvalue weighted by Crippen LogP contribution is -2.64. The number of amides is 5. The number of aliphatic carboxylic acids is 1. The van der Waals surface area contributed by atoms with Crippen molar-refractivity contribution in [3.63, 3.8) is 0 Å². The molecule has 658 valence electrons. The number of primary amides is 1. The molecule has 37 heteroatoms. The van der Waals surface area contributed by atoms with Crippen molar-refractivity contribution in [3.05, 3.63) is 140 Å². The third-order valence-electron chi connectivity index (χ3n) is 21.8. The van der Waals surface area contributed by atoms with Crippen molar-refractivity contribution < 1.29 is 132 Å². The minimum atomic E-state index is -2.35. The van der Waals surface area contributed by atoms with Gasteiger partial charge in [-0.3, -0.25) is 38.4 Å². The van der Waals surface area contributed by atoms with Gasteiger partial charge in [-0.2, -0.15) is 0 Å². The van der Waals surface area contributed by atoms with Crippen molar-refractivity contribution in [2.75, 3.05) is 46.0 Å². The molecule has 0 saturated carbocycles. The number of rotatable bonds is 26. The molecule has 0 radical (unpaired) electrons. The molecule has 122 heavy (non-hydrogen) atoms. The normalized spacial score (nSPS) is 26.4. The van der Waals surface area contributed by atoms with Crippen LogP contribution in [-0.2, 0) is 63.8 Å². The smallest absolute Gasteiger partial charge is 0.330 e. The summed E-state index contributed by atoms with van der Waals surface area (Å²) >= 11 is 14.4. The van der Waals surface area contributed by atoms with Crippen molar-refractivity contribution in [2.45, 2.75) is 190 Å². The third kappa shape index (κ3) is 21.6. The Balaban J connectivity index is 1.10. The first kappa shape index (κ1) is 92.4. The largest absolute Gasteiger partial charge is 0.507 e. The lowest BCUT2D eigenvalue weighted by atomic mass is 9.84. The molecule has 0 aliphatic carbocycles. The maximum Gasteiger partial charge on any atom is 0.330 e. The van der Waals surface area contributed by atoms with Crippen LogP contribution < -0.4 is 71.8 Å². The number of carboxylic acid groups (broad SMARTS) is 1. The molecule has 7 aliphatic rings. The van der Waals surface area contributed by atoms with Gasteiger partial charge in [0.25, 0.3) is 0 Å². The minimum absolute atomic E-state index is 0.0331. The molecule has 2 fully saturated rings. The van der Waals surface area contributed by atoms with Gasteiger partial charge in [-0.25, -0.2) is 4.79 Å². The first-order valence-corrected chi connectivity index (χ1v) is 40.8. The van der Waals surface area contributed by atoms with Crippen LogP contribution in [0, 0.1) is 17.8 Å². The van der Waals surface area contributed by atoms with Crippen molar-refractivity contribution in [1.29, 1.82) is 0 Å². The molecule has 0 aromatic heterocycles. The van der Waals surface area contributed by atoms with Crippen LogP contribution in [0.15, 0.2) is 97.1 Å². The predicted molar refractivity (Wildman–Crippen MR) is 435 cm³/mol. The fourth-order valence-electron chi connectivity index (χ4n) is 15.3. The van der Waals surface area contributed by atoms with Gasteiger partial charge in [0, 0.05) is 84.6 Å². The molecule has 5 amide bonds. The van der Waals surface area contributed by atoms with Crippen LogP contribution in [0.3, 0.4) is 0 Å². The Labute approximate surface area is 711 Å². The van der Waals surface area contributed by atoms with Gasteiger partial charge in [0.15, 0.2) is 41.5 Å². The van der Waals surface area contributed by atoms with Gasteiger partial charge in [0.1, 0.15) is 102 Å². The summed E-state index contributed by atoms with van der Waals surface area (Å²) in [7, 11) is 0. The second-order valence-electron chi connectivity index (χ2n) is 31.4. The summed E-state index contributed by atoms with van der Waals surface area (Å²) in [6, 6.07) is 10.4. The van der Waals surface area contributed by atoms with Crippen molar-refractivity contribution in [3.8, 4) is 68.6 Å². The Morgan fingerprint density at radius 3 is 1.95 bits per heavy atom. The number of ether oxygens (including phenoxy) is 9. The Bertz CT molecular complexity index is 4880. The van der Waals surface area contributed by atoms with Gasteiger partial charge >= 0.3 is 11.9 Å². The molecule has 18 atom stereocenters. The molecule has 7 heterocycles. The standard InChI is InChI=1S/C85H102Cl2N8O27/c1-8-40(23-38(4)5)79(108)94-70-56(99)27-46(30-64(88)101)80(109)92-68-45-28-61(118-58-17-13-43(72(70)103)25-52(58)86)76(122-84-77(75(106)74(105)63(37-96)120-84)121-66-36-85(7,89)78(107)39(6)116-66)62(29-45)119-59-18-14-44(26-53(59)87)73(104)71-82(111)93-69(83(112)113)51-32-48(33-55(98)67(51)50-24-41(12-16-54(50)97)49(35-57(68)100)81(110)95-71)117-65(102)31-42-11-15-47(114-21-19-90-9-2)34-60(42)115-22-20-91-10-3/h11-18,24-26,28-29,32-34,38-40,46,49,63,66,68-75,77-78,84,90-91,96-98,103-107H,8-10,19-23,27,30-31,35-37,89H2,1-7H3,(H2,88,101)(H,92,109)(H,93,111)(H,94,108)(H,95,110)(H,112,113)/t39-,40+,46-,49+,63+,66-,68+,69-,70-,71-,72+,73+,74+,75-,77+,78+,84-,85-/m0/s1. The van der Waals surface area contributed by atoms with E-state index >= 15 is 24.0 Å². The predicted octanol–water partition coefficient (Wildman–Crippen LogP) is 4.94. The van der Waals surface area contributed by atoms with Gasteiger partial charge in [0.05, 0.1) is 47.1 Å². The number of nitrogens with two attached hydrogens (primary N) is 2. The molecule has 7 aliphatic heterocycles. The highest BCUT2D eigenvalue weighted by Crippen LogP contribution is 2.51. The number of likely N-dealkylation sites (N-methyl/N-ethyl adjacent to an activating group) is 2. The first-order chi connectivity index (χ1) is 58.0. The van der Waals surface area contributed by atoms with Crippen LogP contribution in [0.2, 0.25) is 10.0 Å². The van der Waals surface area contributed by atoms with E-state index in [9.17, 15) is 65.1 Å². The van der Waals surface area contributed by atoms with Crippen molar-refractivity contribution >= 4 is 76.2 Å². The third-order valence-corrected chi connectivity index (χ3v) is 22.4. The maximum absolute atomic E-state index is 16.5. The van der Waals surface area contributed by atoms with E-state index in [1.54, 1.807) is 25.1 Å². The number of nitrogens with one attached hydrogen (secondary N) is 6. The number of hydrogen-bond donors (Lipinski definition) is 17. The zero-order chi connectivity index (χ0) is 88.5. The Morgan fingerprint density at radius 1 is 0.697 bits per heavy atom. The molecular weight excluding hydrogens is 1640 g/mol. The Morgan fingerprint density at radius 2 is 1.34 bits per heavy atom. The number of phenolic OH excluding ortho intramolecular Hbond substituents is 2. The monoisotopic (exact) mass is 1740 g/mol. The number of phenols is 2. The number of aliphatic hydroxyl groups excluding tert-OH is 6. The van der Waals surface area contributed by atoms with E-state index in [-0.39, 0.29) is 58.6 Å². The summed E-state index contributed by atoms with van der Waals surface area (Å²) in [5.41, 5.74) is 8.69. The van der Waals surface area contributed by atoms with Crippen molar-refractivity contribution in [2.24, 2.45) is 29.2 Å². The molecular formula is C85H102Cl2N8O27. The molecule has 6 aromatic rings. The molecule has 19 N–H and O–H groups in total. The minimum Gasteiger partial charge on any atom is -0.507 e. The summed E-state index contributed by atoms with van der Waals surface area (Å²) in [4.78, 5) is 134. The zero-order valence-corrected chi connectivity index (χ0v) is 69.3. The number of aliphatic hydroxyl groups is 6. The Kier molecular flexibility index (Phi) is 30.5. The van der Waals surface area contributed by atoms with Crippen LogP contribution in [0.5, 0.6) is 57.5 Å². The summed E-state index contributed by atoms with van der Waals surface area (Å²) in [6.45, 7) is 14.1. The fourth-order valence-corrected chi connectivity index (χ4v) is 15.8. The number of ketones is 2. The van der Waals surface area contributed by atoms with E-state index in [0.29, 0.717) is 50.5 Å². The molecule has 6 aromatic carbocycles. The summed E-state index contributed by atoms with van der Waals surface area (Å²) < 4.78 is 56.6. The molecule has 0 spiro atoms. The van der Waals surface area contributed by atoms with Gasteiger partial charge < -0.3 is 132 Å². The average Bonchev–Trinajstić information content (AvgIpc) is 0.764. The fraction of sp³-hybridized carbons (Fsp3) is 0.471. The number of esters is 1. The van der Waals surface area contributed by atoms with Gasteiger partial charge in [0.2, 0.25) is 41.6 Å². The van der Waals surface area contributed by atoms with Gasteiger partial charge in [-0.05, 0) is 129 Å². The number of carbonyl (C=O) groups is 9. The lowest BCUT2D eigenvalue weighted by Gasteiger charge is -2.47. The Hall–Kier alpha value is -10.4. The number of aromatic hydroxyl groups is 2. The molecule has 0 unspecified atom stereocenters. The van der Waals surface area contributed by atoms with E-state index in [4.69, 9.17) is 77.3 Å². The summed E-state index contributed by atoms with van der Waals surface area (Å²) in [5.74, 6) is -19.6. The number of carbonyl (C=O) groups excluding carboxylic acids is 8. The van der Waals surface area contributed by atoms with Gasteiger partial charge in [-0.15, -0.1) is 0 Å². The van der Waals surface area contributed by atoms with Crippen LogP contribution in [-0.4, -0.2) is 212 Å².